The molecule has 3 atom stereocenters. The van der Waals surface area contributed by atoms with E-state index in [4.69, 9.17) is 4.52 Å². The van der Waals surface area contributed by atoms with Crippen LogP contribution >= 0.6 is 7.37 Å². The lowest BCUT2D eigenvalue weighted by Crippen LogP contribution is -2.21. The summed E-state index contributed by atoms with van der Waals surface area (Å²) in [6.45, 7) is 4.65. The molecule has 2 nitrogen and oxygen atoms in total. The van der Waals surface area contributed by atoms with Gasteiger partial charge in [-0.3, -0.25) is 4.57 Å². The Hall–Kier alpha value is -0.590. The van der Waals surface area contributed by atoms with Crippen LogP contribution in [0, 0.1) is 5.92 Å². The van der Waals surface area contributed by atoms with E-state index < -0.39 is 7.37 Å². The van der Waals surface area contributed by atoms with E-state index >= 15 is 0 Å². The van der Waals surface area contributed by atoms with Gasteiger partial charge in [-0.2, -0.15) is 0 Å². The summed E-state index contributed by atoms with van der Waals surface area (Å²) >= 11 is 0. The molecule has 0 bridgehead atoms. The van der Waals surface area contributed by atoms with E-state index in [1.54, 1.807) is 0 Å². The van der Waals surface area contributed by atoms with E-state index in [2.05, 4.69) is 6.92 Å². The lowest BCUT2D eigenvalue weighted by atomic mass is 10.1. The highest BCUT2D eigenvalue weighted by molar-refractivity contribution is 7.67. The smallest absolute Gasteiger partial charge is 0.235 e. The van der Waals surface area contributed by atoms with Crippen molar-refractivity contribution in [3.05, 3.63) is 30.3 Å². The zero-order valence-corrected chi connectivity index (χ0v) is 11.5. The standard InChI is InChI=1S/C14H21O2P/c1-3-16-17(15,13-9-5-4-6-10-13)14-11-7-8-12(14)2/h4-6,9-10,12,14H,3,7-8,11H2,1-2H3. The van der Waals surface area contributed by atoms with Gasteiger partial charge in [0.15, 0.2) is 0 Å². The molecule has 0 saturated heterocycles. The number of rotatable bonds is 4. The van der Waals surface area contributed by atoms with E-state index in [1.165, 1.54) is 12.8 Å². The Morgan fingerprint density at radius 2 is 2.00 bits per heavy atom. The second-order valence-electron chi connectivity index (χ2n) is 4.83. The molecule has 0 aliphatic heterocycles. The van der Waals surface area contributed by atoms with Crippen molar-refractivity contribution >= 4 is 12.7 Å². The van der Waals surface area contributed by atoms with E-state index in [0.717, 1.165) is 11.7 Å². The predicted molar refractivity (Wildman–Crippen MR) is 72.1 cm³/mol. The Labute approximate surface area is 104 Å². The zero-order valence-electron chi connectivity index (χ0n) is 10.6. The number of hydrogen-bond donors (Lipinski definition) is 0. The Morgan fingerprint density at radius 1 is 1.29 bits per heavy atom. The molecule has 1 aromatic carbocycles. The Bertz CT molecular complexity index is 402. The van der Waals surface area contributed by atoms with Gasteiger partial charge in [0, 0.05) is 11.0 Å². The summed E-state index contributed by atoms with van der Waals surface area (Å²) in [4.78, 5) is 0. The predicted octanol–water partition coefficient (Wildman–Crippen LogP) is 3.82. The molecule has 0 aromatic heterocycles. The van der Waals surface area contributed by atoms with Crippen molar-refractivity contribution in [1.82, 2.24) is 0 Å². The first kappa shape index (κ1) is 12.9. The molecule has 3 heteroatoms. The first-order valence-corrected chi connectivity index (χ1v) is 8.17. The van der Waals surface area contributed by atoms with E-state index in [1.807, 2.05) is 37.3 Å². The van der Waals surface area contributed by atoms with Crippen molar-refractivity contribution in [2.24, 2.45) is 5.92 Å². The summed E-state index contributed by atoms with van der Waals surface area (Å²) < 4.78 is 18.9. The van der Waals surface area contributed by atoms with Crippen molar-refractivity contribution in [3.63, 3.8) is 0 Å². The molecule has 3 unspecified atom stereocenters. The van der Waals surface area contributed by atoms with Gasteiger partial charge in [-0.25, -0.2) is 0 Å². The number of benzene rings is 1. The van der Waals surface area contributed by atoms with Crippen LogP contribution in [0.15, 0.2) is 30.3 Å². The van der Waals surface area contributed by atoms with Crippen LogP contribution in [0.25, 0.3) is 0 Å². The summed E-state index contributed by atoms with van der Waals surface area (Å²) in [5, 5.41) is 0.889. The Balaban J connectivity index is 2.36. The summed E-state index contributed by atoms with van der Waals surface area (Å²) in [5.74, 6) is 0.507. The normalized spacial score (nSPS) is 27.9. The van der Waals surface area contributed by atoms with Crippen LogP contribution in [-0.4, -0.2) is 12.3 Å². The highest BCUT2D eigenvalue weighted by Gasteiger charge is 2.41. The summed E-state index contributed by atoms with van der Waals surface area (Å²) in [7, 11) is -2.68. The fourth-order valence-electron chi connectivity index (χ4n) is 2.82. The van der Waals surface area contributed by atoms with Crippen molar-refractivity contribution in [2.75, 3.05) is 6.61 Å². The van der Waals surface area contributed by atoms with Gasteiger partial charge in [0.25, 0.3) is 0 Å². The molecule has 0 heterocycles. The van der Waals surface area contributed by atoms with Gasteiger partial charge >= 0.3 is 0 Å². The molecule has 1 aromatic rings. The minimum absolute atomic E-state index is 0.213. The van der Waals surface area contributed by atoms with Crippen LogP contribution < -0.4 is 5.30 Å². The van der Waals surface area contributed by atoms with Crippen LogP contribution in [0.2, 0.25) is 0 Å². The largest absolute Gasteiger partial charge is 0.325 e. The van der Waals surface area contributed by atoms with Crippen LogP contribution in [0.1, 0.15) is 33.1 Å². The molecule has 1 saturated carbocycles. The maximum Gasteiger partial charge on any atom is 0.235 e. The molecular weight excluding hydrogens is 231 g/mol. The molecule has 0 amide bonds. The van der Waals surface area contributed by atoms with Gasteiger partial charge in [-0.1, -0.05) is 31.5 Å². The Morgan fingerprint density at radius 3 is 2.53 bits per heavy atom. The second-order valence-corrected chi connectivity index (χ2v) is 7.46. The molecule has 1 fully saturated rings. The highest BCUT2D eigenvalue weighted by atomic mass is 31.2. The number of hydrogen-bond acceptors (Lipinski definition) is 2. The first-order valence-electron chi connectivity index (χ1n) is 6.48. The quantitative estimate of drug-likeness (QED) is 0.761. The van der Waals surface area contributed by atoms with E-state index in [-0.39, 0.29) is 5.66 Å². The second kappa shape index (κ2) is 5.37. The fourth-order valence-corrected chi connectivity index (χ4v) is 5.86. The van der Waals surface area contributed by atoms with Gasteiger partial charge in [0.05, 0.1) is 6.61 Å². The third kappa shape index (κ3) is 2.48. The molecule has 0 spiro atoms. The third-order valence-corrected chi connectivity index (χ3v) is 6.99. The SMILES string of the molecule is CCOP(=O)(c1ccccc1)C1CCCC1C. The zero-order chi connectivity index (χ0) is 12.3. The average molecular weight is 252 g/mol. The molecule has 1 aliphatic carbocycles. The van der Waals surface area contributed by atoms with Crippen molar-refractivity contribution < 1.29 is 9.09 Å². The molecule has 0 radical (unpaired) electrons. The molecule has 1 aliphatic rings. The van der Waals surface area contributed by atoms with Crippen LogP contribution in [0.5, 0.6) is 0 Å². The van der Waals surface area contributed by atoms with Crippen LogP contribution in [0.3, 0.4) is 0 Å². The average Bonchev–Trinajstić information content (AvgIpc) is 2.77. The van der Waals surface area contributed by atoms with Crippen molar-refractivity contribution in [3.8, 4) is 0 Å². The summed E-state index contributed by atoms with van der Waals surface area (Å²) in [6, 6.07) is 9.74. The monoisotopic (exact) mass is 252 g/mol. The highest BCUT2D eigenvalue weighted by Crippen LogP contribution is 2.58. The molecule has 2 rings (SSSR count). The van der Waals surface area contributed by atoms with Gasteiger partial charge in [-0.05, 0) is 37.8 Å². The first-order chi connectivity index (χ1) is 8.18. The molecule has 94 valence electrons. The maximum atomic E-state index is 13.2. The van der Waals surface area contributed by atoms with E-state index in [9.17, 15) is 4.57 Å². The molecule has 0 N–H and O–H groups in total. The summed E-state index contributed by atoms with van der Waals surface area (Å²) in [6.07, 6.45) is 3.39. The van der Waals surface area contributed by atoms with Gasteiger partial charge in [0.1, 0.15) is 0 Å². The van der Waals surface area contributed by atoms with Gasteiger partial charge < -0.3 is 4.52 Å². The van der Waals surface area contributed by atoms with Gasteiger partial charge in [0.2, 0.25) is 7.37 Å². The topological polar surface area (TPSA) is 26.3 Å². The van der Waals surface area contributed by atoms with Crippen molar-refractivity contribution in [1.29, 1.82) is 0 Å². The minimum Gasteiger partial charge on any atom is -0.325 e. The molecule has 17 heavy (non-hydrogen) atoms. The summed E-state index contributed by atoms with van der Waals surface area (Å²) in [5.41, 5.74) is 0.213. The molecular formula is C14H21O2P. The third-order valence-electron chi connectivity index (χ3n) is 3.69. The van der Waals surface area contributed by atoms with Crippen LogP contribution in [0.4, 0.5) is 0 Å². The van der Waals surface area contributed by atoms with Crippen molar-refractivity contribution in [2.45, 2.75) is 38.8 Å². The lowest BCUT2D eigenvalue weighted by Gasteiger charge is -2.27. The van der Waals surface area contributed by atoms with Gasteiger partial charge in [-0.15, -0.1) is 0 Å². The minimum atomic E-state index is -2.68. The van der Waals surface area contributed by atoms with Crippen LogP contribution in [-0.2, 0) is 9.09 Å². The maximum absolute atomic E-state index is 13.2. The fraction of sp³-hybridized carbons (Fsp3) is 0.571. The lowest BCUT2D eigenvalue weighted by molar-refractivity contribution is 0.327. The Kier molecular flexibility index (Phi) is 4.06. The van der Waals surface area contributed by atoms with E-state index in [0.29, 0.717) is 12.5 Å².